The minimum absolute atomic E-state index is 0.0169. The number of pyridine rings is 2. The first-order valence-electron chi connectivity index (χ1n) is 30.4. The number of nitriles is 2. The summed E-state index contributed by atoms with van der Waals surface area (Å²) in [5.41, 5.74) is 27.5. The Balaban J connectivity index is 0.000000373. The first-order chi connectivity index (χ1) is 41.1. The van der Waals surface area contributed by atoms with E-state index >= 15 is 0 Å². The molecule has 15 N–H and O–H groups in total. The van der Waals surface area contributed by atoms with Crippen molar-refractivity contribution in [3.8, 4) is 12.1 Å². The molecule has 0 unspecified atom stereocenters. The summed E-state index contributed by atoms with van der Waals surface area (Å²) < 4.78 is 47.2. The van der Waals surface area contributed by atoms with Crippen molar-refractivity contribution < 1.29 is 46.9 Å². The maximum Gasteiger partial charge on any atom is 0.407 e. The molecule has 5 aliphatic rings. The number of amides is 4. The number of nitrogens with one attached hydrogen (secondary N) is 5. The van der Waals surface area contributed by atoms with Gasteiger partial charge in [-0.1, -0.05) is 112 Å². The molecule has 0 bridgehead atoms. The van der Waals surface area contributed by atoms with E-state index in [2.05, 4.69) is 43.1 Å². The largest absolute Gasteiger partial charge is 0.445 e. The lowest BCUT2D eigenvalue weighted by Crippen LogP contribution is -2.50. The van der Waals surface area contributed by atoms with Crippen LogP contribution in [0.2, 0.25) is 15.5 Å². The predicted molar refractivity (Wildman–Crippen MR) is 340 cm³/mol. The van der Waals surface area contributed by atoms with Gasteiger partial charge in [-0.3, -0.25) is 0 Å². The van der Waals surface area contributed by atoms with Crippen molar-refractivity contribution in [2.75, 3.05) is 11.9 Å². The minimum atomic E-state index is -0.743. The lowest BCUT2D eigenvalue weighted by atomic mass is 9.90. The standard InChI is InChI=1S/C17H22ClFN4O2.2C11H22N2O2.C10H18N2O2.C6HCl2FN2.C6H14N2/c1-17(2,3)25-16(24)22-13-7-5-4-6-12(13)21-15-11(19)8-10(9-20)14(18)23-15;2*1-11(2,3)15-10(14)13-9-7-5-4-6-8(9)12;1-2-7-14-10(13)12-9-6-4-3-5-8(9)11;7-5-3(2-10)1-4(9)6(8)11-5;7-5-3-1-2-4-6(5)8/h8,12-13H,4-7H2,1-3H3,(H,21,23)(H,22,24);2*8-9H,4-7,12H2,1-3H3,(H,13,14);2,8-9H,1,3-7,11H2,(H,12,13);1H;5-6H,1-4,7-8H2/t12-,13+;3*8-,9+;;5-,6+/m1110../s1. The topological polar surface area (TPSA) is 369 Å². The van der Waals surface area contributed by atoms with Crippen molar-refractivity contribution in [2.45, 2.75) is 268 Å². The average Bonchev–Trinajstić information content (AvgIpc) is 1.56. The molecule has 88 heavy (non-hydrogen) atoms. The summed E-state index contributed by atoms with van der Waals surface area (Å²) >= 11 is 16.6. The van der Waals surface area contributed by atoms with Gasteiger partial charge in [-0.15, -0.1) is 0 Å². The number of anilines is 1. The van der Waals surface area contributed by atoms with Crippen molar-refractivity contribution in [3.05, 3.63) is 63.0 Å². The number of rotatable bonds is 8. The maximum atomic E-state index is 14.1. The molecule has 2 aromatic rings. The molecule has 2 heterocycles. The number of alkyl carbamates (subject to hydrolysis) is 4. The number of carbonyl (C=O) groups excluding carboxylic acids is 4. The van der Waals surface area contributed by atoms with E-state index in [1.54, 1.807) is 39.0 Å². The molecular weight excluding hydrogens is 1200 g/mol. The Kier molecular flexibility index (Phi) is 35.3. The van der Waals surface area contributed by atoms with E-state index in [9.17, 15) is 28.0 Å². The van der Waals surface area contributed by atoms with Crippen LogP contribution in [0.5, 0.6) is 0 Å². The van der Waals surface area contributed by atoms with Crippen LogP contribution < -0.4 is 55.3 Å². The van der Waals surface area contributed by atoms with Gasteiger partial charge in [0.15, 0.2) is 22.6 Å². The molecule has 0 radical (unpaired) electrons. The summed E-state index contributed by atoms with van der Waals surface area (Å²) in [5.74, 6) is -1.41. The number of aromatic nitrogens is 2. The third-order valence-corrected chi connectivity index (χ3v) is 15.1. The molecule has 7 rings (SSSR count). The summed E-state index contributed by atoms with van der Waals surface area (Å²) in [6, 6.07) is 6.05. The number of hydrogen-bond donors (Lipinski definition) is 10. The van der Waals surface area contributed by atoms with Crippen LogP contribution in [-0.4, -0.2) is 118 Å². The Labute approximate surface area is 534 Å². The summed E-state index contributed by atoms with van der Waals surface area (Å²) in [5, 5.41) is 31.0. The Morgan fingerprint density at radius 2 is 0.818 bits per heavy atom. The third kappa shape index (κ3) is 32.8. The molecule has 5 fully saturated rings. The van der Waals surface area contributed by atoms with E-state index in [1.807, 2.05) is 41.5 Å². The highest BCUT2D eigenvalue weighted by Gasteiger charge is 2.31. The second kappa shape index (κ2) is 39.5. The van der Waals surface area contributed by atoms with Gasteiger partial charge in [-0.25, -0.2) is 37.9 Å². The lowest BCUT2D eigenvalue weighted by Gasteiger charge is -2.33. The number of halogens is 5. The lowest BCUT2D eigenvalue weighted by molar-refractivity contribution is 0.0474. The van der Waals surface area contributed by atoms with Crippen molar-refractivity contribution in [2.24, 2.45) is 28.7 Å². The molecule has 5 aliphatic carbocycles. The summed E-state index contributed by atoms with van der Waals surface area (Å²) in [4.78, 5) is 53.5. The molecule has 22 nitrogen and oxygen atoms in total. The van der Waals surface area contributed by atoms with E-state index in [0.29, 0.717) is 0 Å². The monoisotopic (exact) mass is 1300 g/mol. The number of carbonyl (C=O) groups is 4. The van der Waals surface area contributed by atoms with Gasteiger partial charge in [0.05, 0.1) is 17.2 Å². The SMILES string of the molecule is C=CCOC(=O)N[C@@H]1CCCC[C@@H]1N.CC(C)(C)OC(=O)N[C@H]1CCCC[C@H]1N.CC(C)(C)OC(=O)N[C@H]1CCCC[C@H]1N.CC(C)(C)OC(=O)N[C@H]1CCCC[C@H]1Nc1nc(Cl)c(C#N)cc1F.N#Cc1cc(F)c(Cl)nc1Cl.N[C@@H]1CCCC[C@@H]1N. The maximum absolute atomic E-state index is 14.1. The molecule has 0 aromatic carbocycles. The van der Waals surface area contributed by atoms with Crippen LogP contribution >= 0.6 is 34.8 Å². The fourth-order valence-corrected chi connectivity index (χ4v) is 10.3. The average molecular weight is 1300 g/mol. The highest BCUT2D eigenvalue weighted by molar-refractivity contribution is 6.33. The summed E-state index contributed by atoms with van der Waals surface area (Å²) in [7, 11) is 0. The van der Waals surface area contributed by atoms with Crippen LogP contribution in [0.1, 0.15) is 202 Å². The Hall–Kier alpha value is -5.57. The first-order valence-corrected chi connectivity index (χ1v) is 31.5. The van der Waals surface area contributed by atoms with Gasteiger partial charge < -0.3 is 74.2 Å². The van der Waals surface area contributed by atoms with Gasteiger partial charge in [0.25, 0.3) is 0 Å². The predicted octanol–water partition coefficient (Wildman–Crippen LogP) is 11.3. The second-order valence-corrected chi connectivity index (χ2v) is 26.4. The fourth-order valence-electron chi connectivity index (χ4n) is 9.73. The van der Waals surface area contributed by atoms with E-state index in [-0.39, 0.29) is 112 Å². The van der Waals surface area contributed by atoms with Crippen LogP contribution in [0.15, 0.2) is 24.8 Å². The first kappa shape index (κ1) is 78.5. The second-order valence-electron chi connectivity index (χ2n) is 25.4. The van der Waals surface area contributed by atoms with Gasteiger partial charge in [-0.2, -0.15) is 10.5 Å². The fraction of sp³-hybridized carbons (Fsp3) is 0.705. The number of ether oxygens (including phenoxy) is 4. The van der Waals surface area contributed by atoms with E-state index in [0.717, 1.165) is 128 Å². The molecule has 0 spiro atoms. The van der Waals surface area contributed by atoms with E-state index < -0.39 is 40.6 Å². The molecule has 2 aromatic heterocycles. The Bertz CT molecular complexity index is 2520. The zero-order chi connectivity index (χ0) is 66.4. The van der Waals surface area contributed by atoms with Crippen LogP contribution in [0.3, 0.4) is 0 Å². The van der Waals surface area contributed by atoms with Gasteiger partial charge in [0.2, 0.25) is 0 Å². The number of hydrogen-bond acceptors (Lipinski definition) is 18. The van der Waals surface area contributed by atoms with Crippen molar-refractivity contribution >= 4 is 65.0 Å². The quantitative estimate of drug-likeness (QED) is 0.0667. The van der Waals surface area contributed by atoms with E-state index in [4.69, 9.17) is 92.9 Å². The van der Waals surface area contributed by atoms with Crippen molar-refractivity contribution in [1.82, 2.24) is 31.2 Å². The van der Waals surface area contributed by atoms with Crippen LogP contribution in [0.4, 0.5) is 33.8 Å². The van der Waals surface area contributed by atoms with Crippen molar-refractivity contribution in [1.29, 1.82) is 10.5 Å². The van der Waals surface area contributed by atoms with Gasteiger partial charge in [0.1, 0.15) is 45.9 Å². The van der Waals surface area contributed by atoms with Crippen molar-refractivity contribution in [3.63, 3.8) is 0 Å². The van der Waals surface area contributed by atoms with Gasteiger partial charge >= 0.3 is 24.4 Å². The van der Waals surface area contributed by atoms with Gasteiger partial charge in [-0.05, 0) is 139 Å². The Morgan fingerprint density at radius 3 is 1.16 bits per heavy atom. The molecule has 5 saturated carbocycles. The minimum Gasteiger partial charge on any atom is -0.445 e. The zero-order valence-corrected chi connectivity index (χ0v) is 55.2. The Morgan fingerprint density at radius 1 is 0.511 bits per heavy atom. The van der Waals surface area contributed by atoms with Crippen LogP contribution in [0.25, 0.3) is 0 Å². The molecule has 27 heteroatoms. The summed E-state index contributed by atoms with van der Waals surface area (Å²) in [6.07, 6.45) is 20.8. The van der Waals surface area contributed by atoms with Crippen LogP contribution in [0, 0.1) is 34.3 Å². The molecular formula is C61H99Cl3F2N14O8. The normalized spacial score (nSPS) is 24.1. The van der Waals surface area contributed by atoms with Crippen LogP contribution in [-0.2, 0) is 18.9 Å². The molecule has 10 atom stereocenters. The number of nitrogens with zero attached hydrogens (tertiary/aromatic N) is 4. The molecule has 0 aliphatic heterocycles. The highest BCUT2D eigenvalue weighted by Crippen LogP contribution is 2.27. The van der Waals surface area contributed by atoms with E-state index in [1.165, 1.54) is 12.8 Å². The smallest absolute Gasteiger partial charge is 0.407 e. The zero-order valence-electron chi connectivity index (χ0n) is 52.9. The molecule has 0 saturated heterocycles. The van der Waals surface area contributed by atoms with Gasteiger partial charge in [0, 0.05) is 54.4 Å². The molecule has 496 valence electrons. The molecule has 4 amide bonds. The summed E-state index contributed by atoms with van der Waals surface area (Å²) in [6.45, 7) is 20.2. The number of nitrogens with two attached hydrogens (primary N) is 5. The third-order valence-electron chi connectivity index (χ3n) is 14.2. The highest BCUT2D eigenvalue weighted by atomic mass is 35.5.